The number of carbonyl (C=O) groups is 2. The molecule has 0 aromatic carbocycles. The highest BCUT2D eigenvalue weighted by Gasteiger charge is 2.48. The van der Waals surface area contributed by atoms with Crippen molar-refractivity contribution < 1.29 is 23.8 Å². The molecule has 0 aromatic heterocycles. The van der Waals surface area contributed by atoms with Crippen LogP contribution in [0.3, 0.4) is 0 Å². The van der Waals surface area contributed by atoms with Crippen molar-refractivity contribution in [1.82, 2.24) is 5.32 Å². The number of halogens is 3. The Morgan fingerprint density at radius 1 is 1.55 bits per heavy atom. The van der Waals surface area contributed by atoms with Crippen molar-refractivity contribution in [1.29, 1.82) is 0 Å². The van der Waals surface area contributed by atoms with E-state index in [0.29, 0.717) is 12.4 Å². The topological polar surface area (TPSA) is 73.9 Å². The van der Waals surface area contributed by atoms with E-state index in [4.69, 9.17) is 56.5 Å². The van der Waals surface area contributed by atoms with Crippen molar-refractivity contribution in [2.75, 3.05) is 12.5 Å². The molecule has 1 N–H and O–H groups in total. The summed E-state index contributed by atoms with van der Waals surface area (Å²) in [6.07, 6.45) is -1.95. The molecule has 6 nitrogen and oxygen atoms in total. The third-order valence-electron chi connectivity index (χ3n) is 2.82. The SMILES string of the molecule is CCOC(=C=S)C1NC(=O)C1C(C)OC(=O)OC(Cl)(Cl)CCl. The molecule has 22 heavy (non-hydrogen) atoms. The van der Waals surface area contributed by atoms with Gasteiger partial charge in [-0.15, -0.1) is 11.6 Å². The van der Waals surface area contributed by atoms with Gasteiger partial charge in [0.05, 0.1) is 12.5 Å². The fraction of sp³-hybridized carbons (Fsp3) is 0.667. The maximum atomic E-state index is 11.7. The molecule has 0 aromatic rings. The zero-order valence-electron chi connectivity index (χ0n) is 11.7. The van der Waals surface area contributed by atoms with Gasteiger partial charge in [-0.25, -0.2) is 4.79 Å². The molecular formula is C12H14Cl3NO5S. The number of hydrogen-bond donors (Lipinski definition) is 1. The van der Waals surface area contributed by atoms with Crippen LogP contribution < -0.4 is 5.32 Å². The third kappa shape index (κ3) is 4.89. The summed E-state index contributed by atoms with van der Waals surface area (Å²) in [6.45, 7) is 3.66. The molecule has 1 heterocycles. The smallest absolute Gasteiger partial charge is 0.487 e. The summed E-state index contributed by atoms with van der Waals surface area (Å²) in [6, 6.07) is -0.516. The highest BCUT2D eigenvalue weighted by atomic mass is 35.5. The van der Waals surface area contributed by atoms with Crippen LogP contribution in [0.2, 0.25) is 0 Å². The van der Waals surface area contributed by atoms with E-state index in [1.165, 1.54) is 6.92 Å². The van der Waals surface area contributed by atoms with Gasteiger partial charge < -0.3 is 19.5 Å². The maximum absolute atomic E-state index is 11.7. The van der Waals surface area contributed by atoms with E-state index < -0.39 is 28.7 Å². The fourth-order valence-corrected chi connectivity index (χ4v) is 2.21. The molecule has 3 atom stereocenters. The Bertz CT molecular complexity index is 495. The first-order chi connectivity index (χ1) is 10.3. The quantitative estimate of drug-likeness (QED) is 0.237. The Hall–Kier alpha value is -0.720. The Kier molecular flexibility index (Phi) is 7.22. The van der Waals surface area contributed by atoms with E-state index in [0.717, 1.165) is 0 Å². The van der Waals surface area contributed by atoms with E-state index in [1.807, 2.05) is 0 Å². The Labute approximate surface area is 148 Å². The second kappa shape index (κ2) is 8.22. The van der Waals surface area contributed by atoms with Crippen LogP contribution in [0.15, 0.2) is 5.76 Å². The second-order valence-electron chi connectivity index (χ2n) is 4.36. The molecule has 0 spiro atoms. The molecule has 1 aliphatic heterocycles. The number of hydrogen-bond acceptors (Lipinski definition) is 6. The first kappa shape index (κ1) is 19.3. The van der Waals surface area contributed by atoms with Gasteiger partial charge in [-0.3, -0.25) is 4.79 Å². The Morgan fingerprint density at radius 3 is 2.64 bits per heavy atom. The summed E-state index contributed by atoms with van der Waals surface area (Å²) in [4.78, 5) is 23.3. The first-order valence-electron chi connectivity index (χ1n) is 6.27. The van der Waals surface area contributed by atoms with E-state index in [2.05, 4.69) is 15.1 Å². The minimum absolute atomic E-state index is 0.302. The number of β-lactam (4-membered cyclic amide) rings is 1. The van der Waals surface area contributed by atoms with Gasteiger partial charge in [0.2, 0.25) is 5.91 Å². The van der Waals surface area contributed by atoms with Crippen LogP contribution >= 0.6 is 47.0 Å². The van der Waals surface area contributed by atoms with Gasteiger partial charge in [-0.05, 0) is 31.1 Å². The molecule has 1 rings (SSSR count). The lowest BCUT2D eigenvalue weighted by Gasteiger charge is -2.39. The van der Waals surface area contributed by atoms with Gasteiger partial charge in [0.1, 0.15) is 18.1 Å². The Balaban J connectivity index is 2.67. The lowest BCUT2D eigenvalue weighted by atomic mass is 9.85. The number of alkyl halides is 3. The molecule has 0 bridgehead atoms. The molecule has 1 fully saturated rings. The van der Waals surface area contributed by atoms with Crippen LogP contribution in [0.5, 0.6) is 0 Å². The zero-order chi connectivity index (χ0) is 16.9. The number of amides is 1. The van der Waals surface area contributed by atoms with Crippen molar-refractivity contribution in [3.63, 3.8) is 0 Å². The minimum Gasteiger partial charge on any atom is -0.487 e. The second-order valence-corrected chi connectivity index (χ2v) is 6.24. The number of nitrogens with one attached hydrogen (secondary N) is 1. The average Bonchev–Trinajstić information content (AvgIpc) is 2.41. The van der Waals surface area contributed by atoms with Crippen LogP contribution in [0, 0.1) is 5.92 Å². The predicted molar refractivity (Wildman–Crippen MR) is 85.3 cm³/mol. The zero-order valence-corrected chi connectivity index (χ0v) is 14.8. The van der Waals surface area contributed by atoms with Crippen LogP contribution in [0.4, 0.5) is 4.79 Å². The van der Waals surface area contributed by atoms with Crippen molar-refractivity contribution in [3.8, 4) is 0 Å². The van der Waals surface area contributed by atoms with Crippen LogP contribution in [0.25, 0.3) is 0 Å². The predicted octanol–water partition coefficient (Wildman–Crippen LogP) is 2.53. The van der Waals surface area contributed by atoms with Crippen LogP contribution in [-0.4, -0.2) is 46.2 Å². The molecule has 0 radical (unpaired) electrons. The van der Waals surface area contributed by atoms with Crippen molar-refractivity contribution in [2.45, 2.75) is 30.5 Å². The van der Waals surface area contributed by atoms with Gasteiger partial charge in [0.15, 0.2) is 5.76 Å². The third-order valence-corrected chi connectivity index (χ3v) is 4.09. The normalized spacial score (nSPS) is 21.8. The monoisotopic (exact) mass is 389 g/mol. The summed E-state index contributed by atoms with van der Waals surface area (Å²) in [5.74, 6) is -1.03. The molecular weight excluding hydrogens is 377 g/mol. The molecule has 0 aliphatic carbocycles. The summed E-state index contributed by atoms with van der Waals surface area (Å²) in [5.41, 5.74) is 0. The highest BCUT2D eigenvalue weighted by molar-refractivity contribution is 7.78. The number of ether oxygens (including phenoxy) is 3. The van der Waals surface area contributed by atoms with Gasteiger partial charge in [-0.2, -0.15) is 0 Å². The first-order valence-corrected chi connectivity index (χ1v) is 7.97. The van der Waals surface area contributed by atoms with Crippen molar-refractivity contribution in [3.05, 3.63) is 5.76 Å². The lowest BCUT2D eigenvalue weighted by Crippen LogP contribution is -2.63. The highest BCUT2D eigenvalue weighted by Crippen LogP contribution is 2.29. The summed E-state index contributed by atoms with van der Waals surface area (Å²) >= 11 is 21.3. The molecule has 1 amide bonds. The van der Waals surface area contributed by atoms with E-state index in [-0.39, 0.29) is 11.8 Å². The van der Waals surface area contributed by atoms with Crippen molar-refractivity contribution in [2.24, 2.45) is 5.92 Å². The Morgan fingerprint density at radius 2 is 2.18 bits per heavy atom. The van der Waals surface area contributed by atoms with E-state index in [1.54, 1.807) is 6.92 Å². The summed E-state index contributed by atoms with van der Waals surface area (Å²) < 4.78 is 13.0. The maximum Gasteiger partial charge on any atom is 0.511 e. The lowest BCUT2D eigenvalue weighted by molar-refractivity contribution is -0.141. The molecule has 3 unspecified atom stereocenters. The van der Waals surface area contributed by atoms with E-state index in [9.17, 15) is 9.59 Å². The van der Waals surface area contributed by atoms with Gasteiger partial charge >= 0.3 is 6.16 Å². The van der Waals surface area contributed by atoms with Crippen LogP contribution in [-0.2, 0) is 19.0 Å². The molecule has 124 valence electrons. The van der Waals surface area contributed by atoms with Gasteiger partial charge in [0.25, 0.3) is 4.52 Å². The number of thiocarbonyl (C=S) groups is 1. The van der Waals surface area contributed by atoms with Crippen LogP contribution in [0.1, 0.15) is 13.8 Å². The van der Waals surface area contributed by atoms with Gasteiger partial charge in [-0.1, -0.05) is 23.2 Å². The molecule has 0 saturated carbocycles. The van der Waals surface area contributed by atoms with Crippen molar-refractivity contribution >= 4 is 64.1 Å². The summed E-state index contributed by atoms with van der Waals surface area (Å²) in [5, 5.41) is 5.05. The fourth-order valence-electron chi connectivity index (χ4n) is 1.84. The number of carbonyl (C=O) groups excluding carboxylic acids is 2. The minimum atomic E-state index is -1.90. The molecule has 1 saturated heterocycles. The average molecular weight is 391 g/mol. The number of rotatable bonds is 7. The molecule has 1 aliphatic rings. The molecule has 10 heteroatoms. The standard InChI is InChI=1S/C12H14Cl3NO5S/c1-3-19-7(4-22)9-8(10(17)16-9)6(2)20-11(18)21-12(14,15)5-13/h6,8-9H,3,5H2,1-2H3,(H,16,17). The van der Waals surface area contributed by atoms with Gasteiger partial charge in [0, 0.05) is 0 Å². The summed E-state index contributed by atoms with van der Waals surface area (Å²) in [7, 11) is 0. The van der Waals surface area contributed by atoms with E-state index >= 15 is 0 Å². The largest absolute Gasteiger partial charge is 0.511 e.